The van der Waals surface area contributed by atoms with Crippen molar-refractivity contribution < 1.29 is 17.6 Å². The van der Waals surface area contributed by atoms with Crippen LogP contribution in [0.15, 0.2) is 51.7 Å². The predicted octanol–water partition coefficient (Wildman–Crippen LogP) is 2.85. The minimum Gasteiger partial charge on any atom is -0.423 e. The summed E-state index contributed by atoms with van der Waals surface area (Å²) in [5.74, 6) is 0. The Morgan fingerprint density at radius 2 is 1.86 bits per heavy atom. The molecule has 146 valence electrons. The molecule has 3 rings (SSSR count). The van der Waals surface area contributed by atoms with Crippen molar-refractivity contribution in [2.75, 3.05) is 10.6 Å². The van der Waals surface area contributed by atoms with Gasteiger partial charge in [0.05, 0.1) is 11.9 Å². The lowest BCUT2D eigenvalue weighted by Gasteiger charge is -2.18. The van der Waals surface area contributed by atoms with E-state index < -0.39 is 21.7 Å². The van der Waals surface area contributed by atoms with E-state index in [0.717, 1.165) is 22.8 Å². The molecule has 1 aromatic heterocycles. The van der Waals surface area contributed by atoms with Gasteiger partial charge in [0, 0.05) is 17.4 Å². The number of sulfonamides is 1. The van der Waals surface area contributed by atoms with Gasteiger partial charge in [-0.3, -0.25) is 0 Å². The number of fused-ring (bicyclic) bond motifs is 1. The van der Waals surface area contributed by atoms with E-state index in [1.165, 1.54) is 12.1 Å². The Bertz CT molecular complexity index is 1250. The van der Waals surface area contributed by atoms with Gasteiger partial charge in [0.25, 0.3) is 0 Å². The van der Waals surface area contributed by atoms with E-state index in [4.69, 9.17) is 10.2 Å². The number of hydrogen-bond donors (Lipinski definition) is 1. The standard InChI is InChI=1S/C20H20N2O5S/c1-12-7-8-18-16(9-12)13(2)17(19(23)27-18)11-14-5-4-6-15(10-14)22(20(21)24)28(3,25)26/h4-10H,11H2,1-3H3,(H2,21,24). The van der Waals surface area contributed by atoms with Crippen LogP contribution in [0.25, 0.3) is 11.0 Å². The van der Waals surface area contributed by atoms with Crippen molar-refractivity contribution >= 4 is 32.7 Å². The maximum absolute atomic E-state index is 12.5. The van der Waals surface area contributed by atoms with Crippen LogP contribution in [0, 0.1) is 13.8 Å². The molecule has 7 nitrogen and oxygen atoms in total. The smallest absolute Gasteiger partial charge is 0.340 e. The Labute approximate surface area is 162 Å². The molecule has 28 heavy (non-hydrogen) atoms. The highest BCUT2D eigenvalue weighted by Crippen LogP contribution is 2.24. The highest BCUT2D eigenvalue weighted by molar-refractivity contribution is 7.92. The van der Waals surface area contributed by atoms with Gasteiger partial charge in [0.1, 0.15) is 5.58 Å². The summed E-state index contributed by atoms with van der Waals surface area (Å²) in [5, 5.41) is 0.848. The number of carbonyl (C=O) groups is 1. The van der Waals surface area contributed by atoms with Crippen LogP contribution in [0.1, 0.15) is 22.3 Å². The number of rotatable bonds is 4. The Hall–Kier alpha value is -3.13. The summed E-state index contributed by atoms with van der Waals surface area (Å²) in [6.07, 6.45) is 1.12. The van der Waals surface area contributed by atoms with Gasteiger partial charge in [-0.05, 0) is 49.2 Å². The maximum atomic E-state index is 12.5. The fourth-order valence-electron chi connectivity index (χ4n) is 3.19. The highest BCUT2D eigenvalue weighted by Gasteiger charge is 2.23. The van der Waals surface area contributed by atoms with Gasteiger partial charge in [-0.2, -0.15) is 4.31 Å². The largest absolute Gasteiger partial charge is 0.423 e. The third kappa shape index (κ3) is 3.77. The van der Waals surface area contributed by atoms with Crippen LogP contribution in [-0.2, 0) is 16.4 Å². The molecule has 0 bridgehead atoms. The molecule has 0 atom stereocenters. The van der Waals surface area contributed by atoms with Crippen LogP contribution in [0.4, 0.5) is 10.5 Å². The zero-order valence-electron chi connectivity index (χ0n) is 15.7. The van der Waals surface area contributed by atoms with Gasteiger partial charge in [-0.1, -0.05) is 23.8 Å². The molecule has 2 amide bonds. The van der Waals surface area contributed by atoms with E-state index in [-0.39, 0.29) is 12.1 Å². The third-order valence-corrected chi connectivity index (χ3v) is 5.55. The predicted molar refractivity (Wildman–Crippen MR) is 108 cm³/mol. The van der Waals surface area contributed by atoms with Crippen molar-refractivity contribution in [3.8, 4) is 0 Å². The number of anilines is 1. The number of primary amides is 1. The normalized spacial score (nSPS) is 11.5. The van der Waals surface area contributed by atoms with Crippen molar-refractivity contribution in [3.05, 3.63) is 75.1 Å². The molecule has 1 heterocycles. The van der Waals surface area contributed by atoms with Crippen molar-refractivity contribution in [2.24, 2.45) is 5.73 Å². The SMILES string of the molecule is Cc1ccc2oc(=O)c(Cc3cccc(N(C(N)=O)S(C)(=O)=O)c3)c(C)c2c1. The van der Waals surface area contributed by atoms with Crippen LogP contribution in [0.2, 0.25) is 0 Å². The molecule has 8 heteroatoms. The molecule has 0 fully saturated rings. The van der Waals surface area contributed by atoms with Crippen molar-refractivity contribution in [3.63, 3.8) is 0 Å². The molecular formula is C20H20N2O5S. The number of amides is 2. The van der Waals surface area contributed by atoms with Gasteiger partial charge in [0.2, 0.25) is 10.0 Å². The summed E-state index contributed by atoms with van der Waals surface area (Å²) < 4.78 is 29.7. The van der Waals surface area contributed by atoms with Crippen LogP contribution in [0.5, 0.6) is 0 Å². The van der Waals surface area contributed by atoms with Crippen LogP contribution >= 0.6 is 0 Å². The first-order valence-electron chi connectivity index (χ1n) is 8.49. The van der Waals surface area contributed by atoms with E-state index in [1.54, 1.807) is 18.2 Å². The van der Waals surface area contributed by atoms with E-state index in [9.17, 15) is 18.0 Å². The molecule has 0 spiro atoms. The number of carbonyl (C=O) groups excluding carboxylic acids is 1. The quantitative estimate of drug-likeness (QED) is 0.677. The first kappa shape index (κ1) is 19.6. The number of aryl methyl sites for hydroxylation is 2. The molecule has 0 unspecified atom stereocenters. The average molecular weight is 400 g/mol. The Morgan fingerprint density at radius 3 is 2.50 bits per heavy atom. The lowest BCUT2D eigenvalue weighted by atomic mass is 9.98. The topological polar surface area (TPSA) is 111 Å². The summed E-state index contributed by atoms with van der Waals surface area (Å²) in [7, 11) is -3.88. The zero-order valence-corrected chi connectivity index (χ0v) is 16.5. The van der Waals surface area contributed by atoms with Crippen LogP contribution in [-0.4, -0.2) is 20.7 Å². The Balaban J connectivity index is 2.08. The van der Waals surface area contributed by atoms with Gasteiger partial charge in [-0.25, -0.2) is 18.0 Å². The monoisotopic (exact) mass is 400 g/mol. The summed E-state index contributed by atoms with van der Waals surface area (Å²) in [6.45, 7) is 3.81. The van der Waals surface area contributed by atoms with Gasteiger partial charge in [0.15, 0.2) is 0 Å². The lowest BCUT2D eigenvalue weighted by molar-refractivity contribution is 0.257. The average Bonchev–Trinajstić information content (AvgIpc) is 2.58. The Kier molecular flexibility index (Phi) is 4.99. The molecule has 0 saturated carbocycles. The van der Waals surface area contributed by atoms with Crippen LogP contribution < -0.4 is 15.7 Å². The molecular weight excluding hydrogens is 380 g/mol. The van der Waals surface area contributed by atoms with Crippen molar-refractivity contribution in [1.29, 1.82) is 0 Å². The first-order chi connectivity index (χ1) is 13.1. The van der Waals surface area contributed by atoms with Gasteiger partial charge in [-0.15, -0.1) is 0 Å². The van der Waals surface area contributed by atoms with Crippen molar-refractivity contribution in [2.45, 2.75) is 20.3 Å². The second-order valence-electron chi connectivity index (χ2n) is 6.71. The number of nitrogens with two attached hydrogens (primary N) is 1. The summed E-state index contributed by atoms with van der Waals surface area (Å²) in [6, 6.07) is 10.8. The molecule has 2 aromatic carbocycles. The molecule has 3 aromatic rings. The molecule has 2 N–H and O–H groups in total. The second-order valence-corrected chi connectivity index (χ2v) is 8.54. The Morgan fingerprint density at radius 1 is 1.14 bits per heavy atom. The lowest BCUT2D eigenvalue weighted by Crippen LogP contribution is -2.40. The van der Waals surface area contributed by atoms with E-state index >= 15 is 0 Å². The highest BCUT2D eigenvalue weighted by atomic mass is 32.2. The molecule has 0 aliphatic heterocycles. The summed E-state index contributed by atoms with van der Waals surface area (Å²) in [5.41, 5.74) is 8.37. The number of nitrogens with zero attached hydrogens (tertiary/aromatic N) is 1. The fourth-order valence-corrected chi connectivity index (χ4v) is 4.01. The van der Waals surface area contributed by atoms with Gasteiger partial charge >= 0.3 is 11.7 Å². The zero-order chi connectivity index (χ0) is 20.6. The molecule has 0 aliphatic rings. The maximum Gasteiger partial charge on any atom is 0.340 e. The minimum atomic E-state index is -3.88. The number of hydrogen-bond acceptors (Lipinski definition) is 5. The molecule has 0 aliphatic carbocycles. The number of urea groups is 1. The summed E-state index contributed by atoms with van der Waals surface area (Å²) >= 11 is 0. The van der Waals surface area contributed by atoms with E-state index in [0.29, 0.717) is 21.0 Å². The third-order valence-electron chi connectivity index (χ3n) is 4.50. The molecule has 0 radical (unpaired) electrons. The summed E-state index contributed by atoms with van der Waals surface area (Å²) in [4.78, 5) is 24.1. The van der Waals surface area contributed by atoms with Crippen LogP contribution in [0.3, 0.4) is 0 Å². The van der Waals surface area contributed by atoms with E-state index in [1.807, 2.05) is 26.0 Å². The fraction of sp³-hybridized carbons (Fsp3) is 0.200. The van der Waals surface area contributed by atoms with Gasteiger partial charge < -0.3 is 10.2 Å². The number of benzene rings is 2. The van der Waals surface area contributed by atoms with E-state index in [2.05, 4.69) is 0 Å². The minimum absolute atomic E-state index is 0.117. The first-order valence-corrected chi connectivity index (χ1v) is 10.3. The van der Waals surface area contributed by atoms with Crippen molar-refractivity contribution in [1.82, 2.24) is 0 Å². The molecule has 0 saturated heterocycles. The second kappa shape index (κ2) is 7.12.